The number of pyridine rings is 1. The number of hydrogen-bond acceptors (Lipinski definition) is 4. The highest BCUT2D eigenvalue weighted by atomic mass is 19.1. The van der Waals surface area contributed by atoms with Crippen molar-refractivity contribution < 1.29 is 14.0 Å². The standard InChI is InChI=1S/C24H31FN4O2/c1-29(2)14-4-13-26-23(30)17-7-10-21(11-8-17)28-24(31)19-9-12-22(27-16-19)18-5-3-6-20(25)15-18/h3,5-6,9,12,15-17,21H,4,7-8,10-11,13-14H2,1-2H3,(H,26,30)(H,28,31). The van der Waals surface area contributed by atoms with E-state index in [9.17, 15) is 14.0 Å². The van der Waals surface area contributed by atoms with Gasteiger partial charge in [-0.05, 0) is 77.0 Å². The molecule has 1 aromatic heterocycles. The van der Waals surface area contributed by atoms with E-state index in [1.54, 1.807) is 24.3 Å². The minimum atomic E-state index is -0.320. The Bertz CT molecular complexity index is 877. The third kappa shape index (κ3) is 6.85. The molecule has 2 N–H and O–H groups in total. The number of amides is 2. The molecule has 1 fully saturated rings. The number of nitrogens with one attached hydrogen (secondary N) is 2. The maximum absolute atomic E-state index is 13.4. The van der Waals surface area contributed by atoms with Crippen LogP contribution in [0.1, 0.15) is 42.5 Å². The highest BCUT2D eigenvalue weighted by Gasteiger charge is 2.27. The van der Waals surface area contributed by atoms with Crippen molar-refractivity contribution in [1.82, 2.24) is 20.5 Å². The molecule has 166 valence electrons. The maximum Gasteiger partial charge on any atom is 0.253 e. The van der Waals surface area contributed by atoms with E-state index in [1.165, 1.54) is 18.3 Å². The summed E-state index contributed by atoms with van der Waals surface area (Å²) in [6, 6.07) is 9.70. The van der Waals surface area contributed by atoms with Crippen molar-refractivity contribution in [2.24, 2.45) is 5.92 Å². The summed E-state index contributed by atoms with van der Waals surface area (Å²) in [5, 5.41) is 6.08. The molecule has 3 rings (SSSR count). The first kappa shape index (κ1) is 22.9. The predicted molar refractivity (Wildman–Crippen MR) is 119 cm³/mol. The van der Waals surface area contributed by atoms with Crippen LogP contribution in [0.4, 0.5) is 4.39 Å². The molecule has 0 aliphatic heterocycles. The average Bonchev–Trinajstić information content (AvgIpc) is 2.77. The Kier molecular flexibility index (Phi) is 8.12. The van der Waals surface area contributed by atoms with Crippen LogP contribution in [0.25, 0.3) is 11.3 Å². The molecule has 6 nitrogen and oxygen atoms in total. The van der Waals surface area contributed by atoms with Crippen LogP contribution < -0.4 is 10.6 Å². The monoisotopic (exact) mass is 426 g/mol. The molecule has 0 saturated heterocycles. The molecule has 1 aliphatic carbocycles. The Morgan fingerprint density at radius 3 is 2.55 bits per heavy atom. The van der Waals surface area contributed by atoms with Crippen molar-refractivity contribution >= 4 is 11.8 Å². The van der Waals surface area contributed by atoms with Gasteiger partial charge >= 0.3 is 0 Å². The van der Waals surface area contributed by atoms with E-state index in [2.05, 4.69) is 20.5 Å². The summed E-state index contributed by atoms with van der Waals surface area (Å²) in [6.45, 7) is 1.66. The van der Waals surface area contributed by atoms with E-state index in [1.807, 2.05) is 14.1 Å². The first-order valence-electron chi connectivity index (χ1n) is 10.9. The minimum Gasteiger partial charge on any atom is -0.356 e. The van der Waals surface area contributed by atoms with Gasteiger partial charge in [0.2, 0.25) is 5.91 Å². The fraction of sp³-hybridized carbons (Fsp3) is 0.458. The molecule has 7 heteroatoms. The fourth-order valence-electron chi connectivity index (χ4n) is 3.87. The third-order valence-corrected chi connectivity index (χ3v) is 5.66. The molecule has 0 atom stereocenters. The molecule has 31 heavy (non-hydrogen) atoms. The zero-order valence-electron chi connectivity index (χ0n) is 18.2. The van der Waals surface area contributed by atoms with Crippen LogP contribution in [0.2, 0.25) is 0 Å². The number of aromatic nitrogens is 1. The van der Waals surface area contributed by atoms with Crippen LogP contribution in [0, 0.1) is 11.7 Å². The van der Waals surface area contributed by atoms with Gasteiger partial charge in [-0.15, -0.1) is 0 Å². The van der Waals surface area contributed by atoms with Crippen molar-refractivity contribution in [2.45, 2.75) is 38.1 Å². The van der Waals surface area contributed by atoms with E-state index in [0.29, 0.717) is 23.4 Å². The van der Waals surface area contributed by atoms with Crippen molar-refractivity contribution in [3.63, 3.8) is 0 Å². The molecule has 2 aromatic rings. The quantitative estimate of drug-likeness (QED) is 0.636. The molecule has 1 saturated carbocycles. The summed E-state index contributed by atoms with van der Waals surface area (Å²) in [7, 11) is 4.04. The molecule has 0 unspecified atom stereocenters. The van der Waals surface area contributed by atoms with Gasteiger partial charge in [-0.2, -0.15) is 0 Å². The molecule has 0 spiro atoms. The molecule has 1 aliphatic rings. The Labute approximate surface area is 183 Å². The Balaban J connectivity index is 1.44. The number of benzene rings is 1. The molecule has 1 heterocycles. The topological polar surface area (TPSA) is 74.3 Å². The number of carbonyl (C=O) groups is 2. The van der Waals surface area contributed by atoms with E-state index in [-0.39, 0.29) is 29.6 Å². The molecular weight excluding hydrogens is 395 g/mol. The van der Waals surface area contributed by atoms with Crippen molar-refractivity contribution in [3.05, 3.63) is 54.0 Å². The number of nitrogens with zero attached hydrogens (tertiary/aromatic N) is 2. The highest BCUT2D eigenvalue weighted by Crippen LogP contribution is 2.25. The average molecular weight is 427 g/mol. The van der Waals surface area contributed by atoms with Gasteiger partial charge in [0.1, 0.15) is 5.82 Å². The molecule has 2 amide bonds. The first-order valence-corrected chi connectivity index (χ1v) is 10.9. The molecule has 1 aromatic carbocycles. The van der Waals surface area contributed by atoms with Crippen LogP contribution in [-0.2, 0) is 4.79 Å². The van der Waals surface area contributed by atoms with Crippen molar-refractivity contribution in [3.8, 4) is 11.3 Å². The van der Waals surface area contributed by atoms with Gasteiger partial charge in [-0.3, -0.25) is 14.6 Å². The Hall–Kier alpha value is -2.80. The van der Waals surface area contributed by atoms with Crippen LogP contribution in [-0.4, -0.2) is 54.9 Å². The van der Waals surface area contributed by atoms with Crippen LogP contribution >= 0.6 is 0 Å². The lowest BCUT2D eigenvalue weighted by molar-refractivity contribution is -0.126. The molecule has 0 bridgehead atoms. The van der Waals surface area contributed by atoms with Gasteiger partial charge in [-0.1, -0.05) is 12.1 Å². The van der Waals surface area contributed by atoms with Gasteiger partial charge in [0.15, 0.2) is 0 Å². The summed E-state index contributed by atoms with van der Waals surface area (Å²) in [6.07, 6.45) is 5.59. The zero-order chi connectivity index (χ0) is 22.2. The number of carbonyl (C=O) groups excluding carboxylic acids is 2. The summed E-state index contributed by atoms with van der Waals surface area (Å²) >= 11 is 0. The molecular formula is C24H31FN4O2. The van der Waals surface area contributed by atoms with Crippen LogP contribution in [0.5, 0.6) is 0 Å². The van der Waals surface area contributed by atoms with Gasteiger partial charge < -0.3 is 15.5 Å². The smallest absolute Gasteiger partial charge is 0.253 e. The van der Waals surface area contributed by atoms with Crippen molar-refractivity contribution in [2.75, 3.05) is 27.2 Å². The third-order valence-electron chi connectivity index (χ3n) is 5.66. The minimum absolute atomic E-state index is 0.0275. The summed E-state index contributed by atoms with van der Waals surface area (Å²) in [5.74, 6) is -0.339. The van der Waals surface area contributed by atoms with Gasteiger partial charge in [0.05, 0.1) is 11.3 Å². The van der Waals surface area contributed by atoms with E-state index in [4.69, 9.17) is 0 Å². The predicted octanol–water partition coefficient (Wildman–Crippen LogP) is 3.24. The summed E-state index contributed by atoms with van der Waals surface area (Å²) in [4.78, 5) is 31.3. The van der Waals surface area contributed by atoms with Crippen molar-refractivity contribution in [1.29, 1.82) is 0 Å². The fourth-order valence-corrected chi connectivity index (χ4v) is 3.87. The second kappa shape index (κ2) is 11.0. The lowest BCUT2D eigenvalue weighted by Gasteiger charge is -2.28. The van der Waals surface area contributed by atoms with E-state index in [0.717, 1.165) is 38.6 Å². The second-order valence-electron chi connectivity index (χ2n) is 8.41. The molecule has 0 radical (unpaired) electrons. The number of halogens is 1. The Morgan fingerprint density at radius 2 is 1.90 bits per heavy atom. The zero-order valence-corrected chi connectivity index (χ0v) is 18.2. The normalized spacial score (nSPS) is 18.6. The lowest BCUT2D eigenvalue weighted by atomic mass is 9.85. The Morgan fingerprint density at radius 1 is 1.13 bits per heavy atom. The lowest BCUT2D eigenvalue weighted by Crippen LogP contribution is -2.41. The highest BCUT2D eigenvalue weighted by molar-refractivity contribution is 5.94. The van der Waals surface area contributed by atoms with E-state index < -0.39 is 0 Å². The van der Waals surface area contributed by atoms with Gasteiger partial charge in [0.25, 0.3) is 5.91 Å². The number of rotatable bonds is 8. The number of hydrogen-bond donors (Lipinski definition) is 2. The van der Waals surface area contributed by atoms with Gasteiger partial charge in [-0.25, -0.2) is 4.39 Å². The van der Waals surface area contributed by atoms with E-state index >= 15 is 0 Å². The second-order valence-corrected chi connectivity index (χ2v) is 8.41. The first-order chi connectivity index (χ1) is 14.9. The van der Waals surface area contributed by atoms with Crippen LogP contribution in [0.3, 0.4) is 0 Å². The van der Waals surface area contributed by atoms with Gasteiger partial charge in [0, 0.05) is 30.3 Å². The summed E-state index contributed by atoms with van der Waals surface area (Å²) < 4.78 is 13.4. The summed E-state index contributed by atoms with van der Waals surface area (Å²) in [5.41, 5.74) is 1.76. The maximum atomic E-state index is 13.4. The van der Waals surface area contributed by atoms with Crippen LogP contribution in [0.15, 0.2) is 42.6 Å². The SMILES string of the molecule is CN(C)CCCNC(=O)C1CCC(NC(=O)c2ccc(-c3cccc(F)c3)nc2)CC1. The largest absolute Gasteiger partial charge is 0.356 e.